The number of carbonyl (C=O) groups is 1. The SMILES string of the molecule is COc1ccc([N+](=O)[O-])cc1C(=O)N1CCN(Cc2cccc(Cl)c2)CC1. The minimum absolute atomic E-state index is 0.126. The molecule has 0 radical (unpaired) electrons. The van der Waals surface area contributed by atoms with Crippen molar-refractivity contribution in [3.63, 3.8) is 0 Å². The van der Waals surface area contributed by atoms with E-state index in [9.17, 15) is 14.9 Å². The Labute approximate surface area is 162 Å². The number of halogens is 1. The van der Waals surface area contributed by atoms with Gasteiger partial charge in [0.05, 0.1) is 17.6 Å². The Morgan fingerprint density at radius 1 is 1.19 bits per heavy atom. The highest BCUT2D eigenvalue weighted by Crippen LogP contribution is 2.26. The molecular weight excluding hydrogens is 370 g/mol. The first kappa shape index (κ1) is 19.1. The number of benzene rings is 2. The van der Waals surface area contributed by atoms with Gasteiger partial charge in [-0.25, -0.2) is 0 Å². The average Bonchev–Trinajstić information content (AvgIpc) is 2.67. The lowest BCUT2D eigenvalue weighted by molar-refractivity contribution is -0.384. The van der Waals surface area contributed by atoms with Crippen LogP contribution in [0.2, 0.25) is 5.02 Å². The smallest absolute Gasteiger partial charge is 0.270 e. The van der Waals surface area contributed by atoms with Crippen molar-refractivity contribution >= 4 is 23.2 Å². The third kappa shape index (κ3) is 4.56. The summed E-state index contributed by atoms with van der Waals surface area (Å²) in [7, 11) is 1.45. The predicted octanol–water partition coefficient (Wildman–Crippen LogP) is 3.21. The van der Waals surface area contributed by atoms with Crippen LogP contribution >= 0.6 is 11.6 Å². The predicted molar refractivity (Wildman–Crippen MR) is 102 cm³/mol. The van der Waals surface area contributed by atoms with Crippen LogP contribution in [-0.4, -0.2) is 53.9 Å². The fourth-order valence-corrected chi connectivity index (χ4v) is 3.36. The topological polar surface area (TPSA) is 75.9 Å². The zero-order valence-corrected chi connectivity index (χ0v) is 15.7. The number of non-ortho nitro benzene ring substituents is 1. The molecule has 2 aromatic rings. The Balaban J connectivity index is 1.66. The van der Waals surface area contributed by atoms with E-state index in [0.717, 1.165) is 25.2 Å². The van der Waals surface area contributed by atoms with Crippen molar-refractivity contribution in [2.75, 3.05) is 33.3 Å². The van der Waals surface area contributed by atoms with E-state index in [4.69, 9.17) is 16.3 Å². The number of hydrogen-bond donors (Lipinski definition) is 0. The van der Waals surface area contributed by atoms with E-state index >= 15 is 0 Å². The second-order valence-corrected chi connectivity index (χ2v) is 6.78. The molecule has 27 heavy (non-hydrogen) atoms. The van der Waals surface area contributed by atoms with Crippen LogP contribution in [0.25, 0.3) is 0 Å². The molecule has 1 amide bonds. The van der Waals surface area contributed by atoms with Crippen molar-refractivity contribution in [3.8, 4) is 5.75 Å². The largest absolute Gasteiger partial charge is 0.496 e. The van der Waals surface area contributed by atoms with Crippen molar-refractivity contribution in [2.45, 2.75) is 6.54 Å². The summed E-state index contributed by atoms with van der Waals surface area (Å²) in [6.07, 6.45) is 0. The van der Waals surface area contributed by atoms with Gasteiger partial charge in [0.15, 0.2) is 0 Å². The summed E-state index contributed by atoms with van der Waals surface area (Å²) in [6.45, 7) is 3.30. The molecule has 142 valence electrons. The second-order valence-electron chi connectivity index (χ2n) is 6.34. The van der Waals surface area contributed by atoms with Crippen LogP contribution in [0.1, 0.15) is 15.9 Å². The second kappa shape index (κ2) is 8.37. The number of amides is 1. The zero-order chi connectivity index (χ0) is 19.4. The first-order valence-electron chi connectivity index (χ1n) is 8.56. The van der Waals surface area contributed by atoms with Gasteiger partial charge in [0.25, 0.3) is 11.6 Å². The van der Waals surface area contributed by atoms with Crippen molar-refractivity contribution in [1.29, 1.82) is 0 Å². The van der Waals surface area contributed by atoms with Crippen LogP contribution in [0.3, 0.4) is 0 Å². The summed E-state index contributed by atoms with van der Waals surface area (Å²) in [6, 6.07) is 11.8. The lowest BCUT2D eigenvalue weighted by Crippen LogP contribution is -2.48. The van der Waals surface area contributed by atoms with Crippen LogP contribution in [-0.2, 0) is 6.54 Å². The van der Waals surface area contributed by atoms with Gasteiger partial charge in [-0.1, -0.05) is 23.7 Å². The molecule has 1 saturated heterocycles. The minimum Gasteiger partial charge on any atom is -0.496 e. The van der Waals surface area contributed by atoms with Crippen LogP contribution in [0.15, 0.2) is 42.5 Å². The molecule has 7 nitrogen and oxygen atoms in total. The standard InChI is InChI=1S/C19H20ClN3O4/c1-27-18-6-5-16(23(25)26)12-17(18)19(24)22-9-7-21(8-10-22)13-14-3-2-4-15(20)11-14/h2-6,11-12H,7-10,13H2,1H3. The lowest BCUT2D eigenvalue weighted by Gasteiger charge is -2.35. The third-order valence-corrected chi connectivity index (χ3v) is 4.81. The van der Waals surface area contributed by atoms with Crippen LogP contribution in [0, 0.1) is 10.1 Å². The van der Waals surface area contributed by atoms with Crippen molar-refractivity contribution in [1.82, 2.24) is 9.80 Å². The fraction of sp³-hybridized carbons (Fsp3) is 0.316. The van der Waals surface area contributed by atoms with Gasteiger partial charge < -0.3 is 9.64 Å². The molecule has 0 spiro atoms. The van der Waals surface area contributed by atoms with Crippen molar-refractivity contribution < 1.29 is 14.5 Å². The van der Waals surface area contributed by atoms with E-state index in [1.807, 2.05) is 24.3 Å². The van der Waals surface area contributed by atoms with E-state index in [2.05, 4.69) is 4.90 Å². The van der Waals surface area contributed by atoms with Gasteiger partial charge in [-0.2, -0.15) is 0 Å². The summed E-state index contributed by atoms with van der Waals surface area (Å²) in [4.78, 5) is 27.3. The number of piperazine rings is 1. The van der Waals surface area contributed by atoms with Crippen LogP contribution in [0.4, 0.5) is 5.69 Å². The first-order valence-corrected chi connectivity index (χ1v) is 8.94. The number of nitro groups is 1. The Morgan fingerprint density at radius 3 is 2.56 bits per heavy atom. The minimum atomic E-state index is -0.515. The molecule has 1 aliphatic rings. The van der Waals surface area contributed by atoms with Crippen molar-refractivity contribution in [3.05, 3.63) is 68.7 Å². The number of rotatable bonds is 5. The Bertz CT molecular complexity index is 851. The highest BCUT2D eigenvalue weighted by atomic mass is 35.5. The molecule has 1 aliphatic heterocycles. The molecule has 1 fully saturated rings. The normalized spacial score (nSPS) is 14.8. The molecule has 0 atom stereocenters. The maximum atomic E-state index is 12.9. The molecule has 0 aromatic heterocycles. The Kier molecular flexibility index (Phi) is 5.93. The van der Waals surface area contributed by atoms with Gasteiger partial charge in [-0.05, 0) is 23.8 Å². The maximum absolute atomic E-state index is 12.9. The average molecular weight is 390 g/mol. The zero-order valence-electron chi connectivity index (χ0n) is 14.9. The van der Waals surface area contributed by atoms with Gasteiger partial charge in [-0.15, -0.1) is 0 Å². The van der Waals surface area contributed by atoms with E-state index in [1.165, 1.54) is 25.3 Å². The number of hydrogen-bond acceptors (Lipinski definition) is 5. The molecule has 0 saturated carbocycles. The Hall–Kier alpha value is -2.64. The summed E-state index contributed by atoms with van der Waals surface area (Å²) in [5.41, 5.74) is 1.22. The molecule has 0 aliphatic carbocycles. The summed E-state index contributed by atoms with van der Waals surface area (Å²) >= 11 is 6.03. The highest BCUT2D eigenvalue weighted by Gasteiger charge is 2.26. The molecule has 0 unspecified atom stereocenters. The third-order valence-electron chi connectivity index (χ3n) is 4.58. The number of nitrogens with zero attached hydrogens (tertiary/aromatic N) is 3. The maximum Gasteiger partial charge on any atom is 0.270 e. The first-order chi connectivity index (χ1) is 13.0. The monoisotopic (exact) mass is 389 g/mol. The van der Waals surface area contributed by atoms with Gasteiger partial charge >= 0.3 is 0 Å². The van der Waals surface area contributed by atoms with Gasteiger partial charge in [0.2, 0.25) is 0 Å². The number of nitro benzene ring substituents is 1. The molecule has 1 heterocycles. The molecule has 8 heteroatoms. The van der Waals surface area contributed by atoms with Crippen LogP contribution in [0.5, 0.6) is 5.75 Å². The van der Waals surface area contributed by atoms with Crippen molar-refractivity contribution in [2.24, 2.45) is 0 Å². The molecule has 0 N–H and O–H groups in total. The summed E-state index contributed by atoms with van der Waals surface area (Å²) in [5.74, 6) is 0.0879. The molecule has 3 rings (SSSR count). The number of methoxy groups -OCH3 is 1. The Morgan fingerprint density at radius 2 is 1.93 bits per heavy atom. The fourth-order valence-electron chi connectivity index (χ4n) is 3.15. The highest BCUT2D eigenvalue weighted by molar-refractivity contribution is 6.30. The quantitative estimate of drug-likeness (QED) is 0.579. The van der Waals surface area contributed by atoms with Gasteiger partial charge in [0, 0.05) is 49.9 Å². The van der Waals surface area contributed by atoms with Gasteiger partial charge in [-0.3, -0.25) is 19.8 Å². The number of carbonyl (C=O) groups excluding carboxylic acids is 1. The van der Waals surface area contributed by atoms with E-state index < -0.39 is 4.92 Å². The summed E-state index contributed by atoms with van der Waals surface area (Å²) < 4.78 is 5.21. The molecule has 2 aromatic carbocycles. The van der Waals surface area contributed by atoms with Gasteiger partial charge in [0.1, 0.15) is 5.75 Å². The number of ether oxygens (including phenoxy) is 1. The van der Waals surface area contributed by atoms with E-state index in [0.29, 0.717) is 23.9 Å². The molecule has 0 bridgehead atoms. The molecular formula is C19H20ClN3O4. The lowest BCUT2D eigenvalue weighted by atomic mass is 10.1. The summed E-state index contributed by atoms with van der Waals surface area (Å²) in [5, 5.41) is 11.7. The van der Waals surface area contributed by atoms with Crippen LogP contribution < -0.4 is 4.74 Å². The van der Waals surface area contributed by atoms with E-state index in [1.54, 1.807) is 4.90 Å². The van der Waals surface area contributed by atoms with E-state index in [-0.39, 0.29) is 17.2 Å².